The smallest absolute Gasteiger partial charge is 0.277 e. The molecule has 3 atom stereocenters. The van der Waals surface area contributed by atoms with Crippen molar-refractivity contribution in [2.24, 2.45) is 0 Å². The van der Waals surface area contributed by atoms with E-state index in [1.807, 2.05) is 6.92 Å². The van der Waals surface area contributed by atoms with E-state index in [0.717, 1.165) is 25.4 Å². The van der Waals surface area contributed by atoms with Crippen LogP contribution in [0.3, 0.4) is 0 Å². The third-order valence-corrected chi connectivity index (χ3v) is 6.57. The van der Waals surface area contributed by atoms with E-state index in [9.17, 15) is 22.4 Å². The molecule has 0 aliphatic carbocycles. The molecule has 186 valence electrons. The van der Waals surface area contributed by atoms with E-state index in [-0.39, 0.29) is 29.2 Å². The summed E-state index contributed by atoms with van der Waals surface area (Å²) in [5.74, 6) is -5.27. The lowest BCUT2D eigenvalue weighted by Gasteiger charge is -2.26. The fourth-order valence-corrected chi connectivity index (χ4v) is 4.62. The van der Waals surface area contributed by atoms with Crippen LogP contribution in [0.1, 0.15) is 18.9 Å². The second-order valence-electron chi connectivity index (χ2n) is 8.19. The molecule has 0 amide bonds. The molecule has 2 heterocycles. The third-order valence-electron chi connectivity index (χ3n) is 5.86. The molecule has 3 unspecified atom stereocenters. The molecule has 34 heavy (non-hydrogen) atoms. The van der Waals surface area contributed by atoms with Crippen LogP contribution in [0.4, 0.5) is 22.0 Å². The van der Waals surface area contributed by atoms with Crippen molar-refractivity contribution in [2.75, 3.05) is 26.0 Å². The summed E-state index contributed by atoms with van der Waals surface area (Å²) in [6, 6.07) is 6.13. The molecular weight excluding hydrogens is 475 g/mol. The fraction of sp³-hybridized carbons (Fsp3) is 0.458. The number of likely N-dealkylation sites (tertiary alicyclic amines) is 1. The van der Waals surface area contributed by atoms with Gasteiger partial charge in [0.05, 0.1) is 19.2 Å². The van der Waals surface area contributed by atoms with Crippen LogP contribution in [0.5, 0.6) is 0 Å². The molecule has 4 rings (SSSR count). The number of hydrogen-bond donors (Lipinski definition) is 1. The van der Waals surface area contributed by atoms with Gasteiger partial charge < -0.3 is 9.53 Å². The Hall–Kier alpha value is -2.01. The number of halogens is 5. The summed E-state index contributed by atoms with van der Waals surface area (Å²) in [6.45, 7) is 2.18. The average Bonchev–Trinajstić information content (AvgIpc) is 2.97. The lowest BCUT2D eigenvalue weighted by molar-refractivity contribution is -0.129. The number of hydrogen-bond acceptors (Lipinski definition) is 5. The first-order valence-corrected chi connectivity index (χ1v) is 11.9. The van der Waals surface area contributed by atoms with Crippen molar-refractivity contribution in [1.82, 2.24) is 9.62 Å². The van der Waals surface area contributed by atoms with Gasteiger partial charge >= 0.3 is 0 Å². The predicted molar refractivity (Wildman–Crippen MR) is 122 cm³/mol. The molecule has 1 N–H and O–H groups in total. The number of alkyl halides is 2. The van der Waals surface area contributed by atoms with E-state index < -0.39 is 42.0 Å². The molecule has 2 saturated heterocycles. The minimum atomic E-state index is -2.95. The van der Waals surface area contributed by atoms with Crippen LogP contribution in [0.15, 0.2) is 36.4 Å². The molecule has 0 saturated carbocycles. The summed E-state index contributed by atoms with van der Waals surface area (Å²) in [7, 11) is 1.57. The summed E-state index contributed by atoms with van der Waals surface area (Å²) in [6.07, 6.45) is 1.71. The fourth-order valence-electron chi connectivity index (χ4n) is 3.94. The molecule has 0 radical (unpaired) electrons. The number of nitrogens with zero attached hydrogens (tertiary/aromatic N) is 1. The highest BCUT2D eigenvalue weighted by Gasteiger charge is 2.53. The number of likely N-dealkylation sites (N-methyl/N-ethyl adjacent to an activating group) is 1. The summed E-state index contributed by atoms with van der Waals surface area (Å²) < 4.78 is 79.0. The zero-order chi connectivity index (χ0) is 24.9. The zero-order valence-corrected chi connectivity index (χ0v) is 19.7. The summed E-state index contributed by atoms with van der Waals surface area (Å²) in [4.78, 5) is 11.2. The topological polar surface area (TPSA) is 41.6 Å². The standard InChI is InChI=1S/C20H21F5N2S.C4H6O2/c1-3-28-26-19-16(27(2)11-20(19,24)25)10-12-6-4-7-13(17(12)22)14-8-5-9-15(21)18(14)23;5-3-4-1-2-6-4/h4-9,16,19,26H,3,10-11H2,1-2H3;3-4H,1-2H2. The van der Waals surface area contributed by atoms with Crippen LogP contribution in [-0.4, -0.2) is 61.2 Å². The van der Waals surface area contributed by atoms with Gasteiger partial charge in [0, 0.05) is 29.3 Å². The molecule has 2 aliphatic heterocycles. The van der Waals surface area contributed by atoms with Crippen molar-refractivity contribution in [3.63, 3.8) is 0 Å². The van der Waals surface area contributed by atoms with E-state index >= 15 is 4.39 Å². The Bertz CT molecular complexity index is 990. The van der Waals surface area contributed by atoms with Crippen molar-refractivity contribution in [2.45, 2.75) is 43.9 Å². The molecule has 0 bridgehead atoms. The second-order valence-corrected chi connectivity index (χ2v) is 9.29. The van der Waals surface area contributed by atoms with E-state index in [2.05, 4.69) is 4.72 Å². The number of rotatable bonds is 7. The summed E-state index contributed by atoms with van der Waals surface area (Å²) in [5, 5.41) is 0. The van der Waals surface area contributed by atoms with E-state index in [1.54, 1.807) is 7.05 Å². The second kappa shape index (κ2) is 11.6. The first-order chi connectivity index (χ1) is 16.2. The molecule has 0 spiro atoms. The molecule has 2 aromatic rings. The first kappa shape index (κ1) is 26.6. The Morgan fingerprint density at radius 2 is 1.79 bits per heavy atom. The van der Waals surface area contributed by atoms with Gasteiger partial charge in [-0.1, -0.05) is 49.2 Å². The van der Waals surface area contributed by atoms with Gasteiger partial charge in [0.15, 0.2) is 11.6 Å². The molecule has 2 fully saturated rings. The van der Waals surface area contributed by atoms with Gasteiger partial charge in [-0.2, -0.15) is 0 Å². The van der Waals surface area contributed by atoms with Gasteiger partial charge in [-0.15, -0.1) is 0 Å². The van der Waals surface area contributed by atoms with Crippen LogP contribution in [0.25, 0.3) is 11.1 Å². The maximum atomic E-state index is 15.1. The quantitative estimate of drug-likeness (QED) is 0.333. The number of ether oxygens (including phenoxy) is 1. The normalized spacial score (nSPS) is 23.7. The highest BCUT2D eigenvalue weighted by Crippen LogP contribution is 2.36. The lowest BCUT2D eigenvalue weighted by Crippen LogP contribution is -2.46. The SMILES string of the molecule is CCSNC1C(Cc2cccc(-c3cccc(F)c3F)c2F)N(C)CC1(F)F.O=CC1CCO1. The molecule has 2 aromatic carbocycles. The number of aldehydes is 1. The minimum Gasteiger partial charge on any atom is -0.371 e. The molecular formula is C24H27F5N2O2S. The van der Waals surface area contributed by atoms with Gasteiger partial charge in [0.2, 0.25) is 0 Å². The Kier molecular flexibility index (Phi) is 9.08. The number of benzene rings is 2. The van der Waals surface area contributed by atoms with Gasteiger partial charge in [-0.3, -0.25) is 9.62 Å². The van der Waals surface area contributed by atoms with Crippen molar-refractivity contribution in [3.8, 4) is 11.1 Å². The molecule has 2 aliphatic rings. The number of carbonyl (C=O) groups excluding carboxylic acids is 1. The Balaban J connectivity index is 0.000000469. The van der Waals surface area contributed by atoms with E-state index in [4.69, 9.17) is 4.74 Å². The van der Waals surface area contributed by atoms with Crippen molar-refractivity contribution < 1.29 is 31.5 Å². The lowest BCUT2D eigenvalue weighted by atomic mass is 9.95. The summed E-state index contributed by atoms with van der Waals surface area (Å²) in [5.41, 5.74) is -0.0981. The minimum absolute atomic E-state index is 0.0185. The number of nitrogens with one attached hydrogen (secondary N) is 1. The molecule has 0 aromatic heterocycles. The van der Waals surface area contributed by atoms with Crippen LogP contribution in [0, 0.1) is 17.5 Å². The Labute approximate surface area is 200 Å². The van der Waals surface area contributed by atoms with Crippen LogP contribution in [0.2, 0.25) is 0 Å². The largest absolute Gasteiger partial charge is 0.371 e. The molecule has 10 heteroatoms. The van der Waals surface area contributed by atoms with Gasteiger partial charge in [0.1, 0.15) is 18.2 Å². The Morgan fingerprint density at radius 3 is 2.35 bits per heavy atom. The van der Waals surface area contributed by atoms with Crippen LogP contribution in [-0.2, 0) is 16.0 Å². The predicted octanol–water partition coefficient (Wildman–Crippen LogP) is 4.86. The molecule has 4 nitrogen and oxygen atoms in total. The van der Waals surface area contributed by atoms with Crippen molar-refractivity contribution in [3.05, 3.63) is 59.4 Å². The van der Waals surface area contributed by atoms with E-state index in [1.165, 1.54) is 47.2 Å². The van der Waals surface area contributed by atoms with Gasteiger partial charge in [-0.25, -0.2) is 22.0 Å². The van der Waals surface area contributed by atoms with Gasteiger partial charge in [-0.05, 0) is 25.1 Å². The number of carbonyl (C=O) groups is 1. The Morgan fingerprint density at radius 1 is 1.15 bits per heavy atom. The van der Waals surface area contributed by atoms with Crippen LogP contribution < -0.4 is 4.72 Å². The van der Waals surface area contributed by atoms with Crippen LogP contribution >= 0.6 is 11.9 Å². The third kappa shape index (κ3) is 5.97. The maximum absolute atomic E-state index is 15.1. The highest BCUT2D eigenvalue weighted by atomic mass is 32.2. The highest BCUT2D eigenvalue weighted by molar-refractivity contribution is 7.97. The first-order valence-electron chi connectivity index (χ1n) is 10.9. The zero-order valence-electron chi connectivity index (χ0n) is 18.9. The van der Waals surface area contributed by atoms with Gasteiger partial charge in [0.25, 0.3) is 5.92 Å². The monoisotopic (exact) mass is 502 g/mol. The van der Waals surface area contributed by atoms with Crippen molar-refractivity contribution >= 4 is 18.2 Å². The van der Waals surface area contributed by atoms with Crippen molar-refractivity contribution in [1.29, 1.82) is 0 Å². The maximum Gasteiger partial charge on any atom is 0.277 e. The summed E-state index contributed by atoms with van der Waals surface area (Å²) >= 11 is 1.19. The average molecular weight is 503 g/mol. The van der Waals surface area contributed by atoms with E-state index in [0.29, 0.717) is 5.75 Å².